The van der Waals surface area contributed by atoms with E-state index in [2.05, 4.69) is 4.90 Å². The van der Waals surface area contributed by atoms with Gasteiger partial charge in [-0.05, 0) is 44.5 Å². The zero-order chi connectivity index (χ0) is 13.1. The lowest BCUT2D eigenvalue weighted by molar-refractivity contribution is -0.122. The number of nitrogens with zero attached hydrogens (tertiary/aromatic N) is 1. The Hall–Kier alpha value is -0.570. The summed E-state index contributed by atoms with van der Waals surface area (Å²) in [6.45, 7) is 4.40. The lowest BCUT2D eigenvalue weighted by Crippen LogP contribution is -2.35. The summed E-state index contributed by atoms with van der Waals surface area (Å²) in [6, 6.07) is 5.73. The van der Waals surface area contributed by atoms with E-state index in [4.69, 9.17) is 23.2 Å². The standard InChI is InChI=1S/C14H17Cl2NO/c1-10(18)11-5-7-17(8-6-11)9-12-3-2-4-13(15)14(12)16/h2-4,11H,5-9H2,1H3. The number of likely N-dealkylation sites (tertiary alicyclic amines) is 1. The van der Waals surface area contributed by atoms with Crippen LogP contribution in [-0.2, 0) is 11.3 Å². The van der Waals surface area contributed by atoms with Gasteiger partial charge in [0.2, 0.25) is 0 Å². The maximum absolute atomic E-state index is 11.3. The van der Waals surface area contributed by atoms with Crippen LogP contribution in [0.4, 0.5) is 0 Å². The summed E-state index contributed by atoms with van der Waals surface area (Å²) in [5.41, 5.74) is 1.06. The molecule has 0 N–H and O–H groups in total. The topological polar surface area (TPSA) is 20.3 Å². The molecule has 18 heavy (non-hydrogen) atoms. The van der Waals surface area contributed by atoms with E-state index in [1.54, 1.807) is 13.0 Å². The molecule has 0 spiro atoms. The first-order valence-corrected chi connectivity index (χ1v) is 6.99. The minimum Gasteiger partial charge on any atom is -0.300 e. The number of benzene rings is 1. The monoisotopic (exact) mass is 285 g/mol. The first-order chi connectivity index (χ1) is 8.58. The molecule has 0 aliphatic carbocycles. The molecule has 0 amide bonds. The molecular weight excluding hydrogens is 269 g/mol. The summed E-state index contributed by atoms with van der Waals surface area (Å²) in [5, 5.41) is 1.25. The molecule has 1 aromatic carbocycles. The molecule has 0 atom stereocenters. The number of piperidine rings is 1. The van der Waals surface area contributed by atoms with E-state index >= 15 is 0 Å². The Bertz CT molecular complexity index is 439. The maximum Gasteiger partial charge on any atom is 0.133 e. The number of Topliss-reactive ketones (excluding diaryl/α,β-unsaturated/α-hetero) is 1. The van der Waals surface area contributed by atoms with Gasteiger partial charge in [0.25, 0.3) is 0 Å². The molecule has 0 unspecified atom stereocenters. The van der Waals surface area contributed by atoms with Crippen molar-refractivity contribution in [2.75, 3.05) is 13.1 Å². The number of rotatable bonds is 3. The fraction of sp³-hybridized carbons (Fsp3) is 0.500. The van der Waals surface area contributed by atoms with Gasteiger partial charge >= 0.3 is 0 Å². The molecule has 1 aromatic rings. The zero-order valence-electron chi connectivity index (χ0n) is 10.5. The van der Waals surface area contributed by atoms with E-state index in [1.807, 2.05) is 12.1 Å². The molecule has 0 bridgehead atoms. The van der Waals surface area contributed by atoms with Crippen LogP contribution in [0.5, 0.6) is 0 Å². The van der Waals surface area contributed by atoms with Crippen LogP contribution in [0.1, 0.15) is 25.3 Å². The van der Waals surface area contributed by atoms with Crippen LogP contribution < -0.4 is 0 Å². The van der Waals surface area contributed by atoms with Crippen molar-refractivity contribution in [2.45, 2.75) is 26.3 Å². The summed E-state index contributed by atoms with van der Waals surface area (Å²) < 4.78 is 0. The van der Waals surface area contributed by atoms with Gasteiger partial charge in [0, 0.05) is 12.5 Å². The summed E-state index contributed by atoms with van der Waals surface area (Å²) in [6.07, 6.45) is 1.90. The molecule has 1 fully saturated rings. The van der Waals surface area contributed by atoms with E-state index in [9.17, 15) is 4.79 Å². The highest BCUT2D eigenvalue weighted by molar-refractivity contribution is 6.42. The molecule has 2 rings (SSSR count). The Labute approximate surface area is 118 Å². The number of hydrogen-bond acceptors (Lipinski definition) is 2. The third-order valence-corrected chi connectivity index (χ3v) is 4.45. The second-order valence-electron chi connectivity index (χ2n) is 4.87. The quantitative estimate of drug-likeness (QED) is 0.842. The highest BCUT2D eigenvalue weighted by Gasteiger charge is 2.22. The van der Waals surface area contributed by atoms with Crippen LogP contribution in [0.2, 0.25) is 10.0 Å². The van der Waals surface area contributed by atoms with Crippen LogP contribution in [-0.4, -0.2) is 23.8 Å². The van der Waals surface area contributed by atoms with E-state index < -0.39 is 0 Å². The second kappa shape index (κ2) is 6.05. The summed E-state index contributed by atoms with van der Waals surface area (Å²) >= 11 is 12.2. The predicted molar refractivity (Wildman–Crippen MR) is 75.1 cm³/mol. The lowest BCUT2D eigenvalue weighted by atomic mass is 9.93. The number of halogens is 2. The molecule has 2 nitrogen and oxygen atoms in total. The summed E-state index contributed by atoms with van der Waals surface area (Å²) in [4.78, 5) is 13.6. The van der Waals surface area contributed by atoms with E-state index in [1.165, 1.54) is 0 Å². The predicted octanol–water partition coefficient (Wildman–Crippen LogP) is 3.79. The average Bonchev–Trinajstić information content (AvgIpc) is 2.36. The molecule has 1 aliphatic rings. The Morgan fingerprint density at radius 1 is 1.33 bits per heavy atom. The van der Waals surface area contributed by atoms with Crippen molar-refractivity contribution >= 4 is 29.0 Å². The Kier molecular flexibility index (Phi) is 4.66. The van der Waals surface area contributed by atoms with Gasteiger partial charge in [-0.3, -0.25) is 9.69 Å². The van der Waals surface area contributed by atoms with Crippen LogP contribution >= 0.6 is 23.2 Å². The average molecular weight is 286 g/mol. The van der Waals surface area contributed by atoms with Crippen molar-refractivity contribution in [1.29, 1.82) is 0 Å². The van der Waals surface area contributed by atoms with Crippen LogP contribution in [0.25, 0.3) is 0 Å². The smallest absolute Gasteiger partial charge is 0.133 e. The SMILES string of the molecule is CC(=O)C1CCN(Cc2cccc(Cl)c2Cl)CC1. The van der Waals surface area contributed by atoms with Gasteiger partial charge in [0.15, 0.2) is 0 Å². The normalized spacial score (nSPS) is 17.9. The van der Waals surface area contributed by atoms with Gasteiger partial charge in [0.1, 0.15) is 5.78 Å². The highest BCUT2D eigenvalue weighted by Crippen LogP contribution is 2.28. The van der Waals surface area contributed by atoms with Crippen molar-refractivity contribution in [3.05, 3.63) is 33.8 Å². The van der Waals surface area contributed by atoms with E-state index in [0.29, 0.717) is 15.8 Å². The second-order valence-corrected chi connectivity index (χ2v) is 5.66. The van der Waals surface area contributed by atoms with Gasteiger partial charge in [-0.25, -0.2) is 0 Å². The fourth-order valence-electron chi connectivity index (χ4n) is 2.41. The largest absolute Gasteiger partial charge is 0.300 e. The van der Waals surface area contributed by atoms with Gasteiger partial charge in [-0.15, -0.1) is 0 Å². The first kappa shape index (κ1) is 13.9. The van der Waals surface area contributed by atoms with Crippen molar-refractivity contribution in [3.63, 3.8) is 0 Å². The van der Waals surface area contributed by atoms with Crippen molar-refractivity contribution < 1.29 is 4.79 Å². The van der Waals surface area contributed by atoms with Crippen LogP contribution in [0.15, 0.2) is 18.2 Å². The number of hydrogen-bond donors (Lipinski definition) is 0. The minimum atomic E-state index is 0.246. The molecule has 0 radical (unpaired) electrons. The molecule has 4 heteroatoms. The Morgan fingerprint density at radius 3 is 2.61 bits per heavy atom. The molecule has 98 valence electrons. The highest BCUT2D eigenvalue weighted by atomic mass is 35.5. The summed E-state index contributed by atoms with van der Waals surface area (Å²) in [7, 11) is 0. The van der Waals surface area contributed by atoms with E-state index in [0.717, 1.165) is 38.0 Å². The Balaban J connectivity index is 1.96. The number of ketones is 1. The molecule has 0 saturated carbocycles. The molecule has 1 aliphatic heterocycles. The fourth-order valence-corrected chi connectivity index (χ4v) is 2.79. The lowest BCUT2D eigenvalue weighted by Gasteiger charge is -2.31. The molecule has 1 heterocycles. The van der Waals surface area contributed by atoms with Crippen molar-refractivity contribution in [1.82, 2.24) is 4.90 Å². The minimum absolute atomic E-state index is 0.246. The van der Waals surface area contributed by atoms with Crippen LogP contribution in [0, 0.1) is 5.92 Å². The molecular formula is C14H17Cl2NO. The zero-order valence-corrected chi connectivity index (χ0v) is 12.0. The van der Waals surface area contributed by atoms with Gasteiger partial charge in [-0.1, -0.05) is 35.3 Å². The van der Waals surface area contributed by atoms with Crippen molar-refractivity contribution in [2.24, 2.45) is 5.92 Å². The maximum atomic E-state index is 11.3. The van der Waals surface area contributed by atoms with Crippen LogP contribution in [0.3, 0.4) is 0 Å². The third-order valence-electron chi connectivity index (χ3n) is 3.59. The number of carbonyl (C=O) groups excluding carboxylic acids is 1. The first-order valence-electron chi connectivity index (χ1n) is 6.23. The molecule has 1 saturated heterocycles. The Morgan fingerprint density at radius 2 is 2.00 bits per heavy atom. The molecule has 0 aromatic heterocycles. The van der Waals surface area contributed by atoms with Gasteiger partial charge in [-0.2, -0.15) is 0 Å². The third kappa shape index (κ3) is 3.25. The van der Waals surface area contributed by atoms with Crippen molar-refractivity contribution in [3.8, 4) is 0 Å². The summed E-state index contributed by atoms with van der Waals surface area (Å²) in [5.74, 6) is 0.562. The number of carbonyl (C=O) groups is 1. The van der Waals surface area contributed by atoms with E-state index in [-0.39, 0.29) is 5.92 Å². The van der Waals surface area contributed by atoms with Gasteiger partial charge < -0.3 is 0 Å². The van der Waals surface area contributed by atoms with Gasteiger partial charge in [0.05, 0.1) is 10.0 Å².